The summed E-state index contributed by atoms with van der Waals surface area (Å²) in [5, 5.41) is 0. The molecule has 4 aromatic rings. The molecular formula is C22H23N7O2. The normalized spacial score (nSPS) is 9.94. The zero-order valence-corrected chi connectivity index (χ0v) is 16.6. The fourth-order valence-electron chi connectivity index (χ4n) is 2.54. The van der Waals surface area contributed by atoms with Gasteiger partial charge in [-0.15, -0.1) is 0 Å². The van der Waals surface area contributed by atoms with Crippen molar-refractivity contribution in [1.29, 1.82) is 0 Å². The standard InChI is InChI=1S/C18H16N2O2.C4H7N5/c19-13-4-1-6-15(10-13)21-17-8-3-9-18(12-17)22-16-7-2-5-14(20)11-16;5-2-1-3(6)9-4(7)8-2/h1-12H,19-20H2;1H,(H6,5,6,7,8,9). The number of benzene rings is 3. The van der Waals surface area contributed by atoms with Gasteiger partial charge in [-0.1, -0.05) is 18.2 Å². The second-order valence-electron chi connectivity index (χ2n) is 6.40. The zero-order valence-electron chi connectivity index (χ0n) is 16.6. The van der Waals surface area contributed by atoms with Crippen molar-refractivity contribution in [2.24, 2.45) is 0 Å². The monoisotopic (exact) mass is 417 g/mol. The highest BCUT2D eigenvalue weighted by Gasteiger charge is 2.02. The van der Waals surface area contributed by atoms with Gasteiger partial charge in [0, 0.05) is 35.6 Å². The Labute approximate surface area is 179 Å². The molecule has 0 fully saturated rings. The Bertz CT molecular complexity index is 1050. The van der Waals surface area contributed by atoms with Crippen LogP contribution in [0.5, 0.6) is 23.0 Å². The van der Waals surface area contributed by atoms with Gasteiger partial charge in [0.2, 0.25) is 5.95 Å². The van der Waals surface area contributed by atoms with Crippen LogP contribution in [0.3, 0.4) is 0 Å². The molecule has 0 aliphatic carbocycles. The van der Waals surface area contributed by atoms with Gasteiger partial charge in [-0.25, -0.2) is 0 Å². The van der Waals surface area contributed by atoms with Crippen LogP contribution in [-0.4, -0.2) is 9.97 Å². The molecule has 0 atom stereocenters. The molecule has 0 bridgehead atoms. The maximum Gasteiger partial charge on any atom is 0.223 e. The average Bonchev–Trinajstić information content (AvgIpc) is 2.68. The molecule has 0 radical (unpaired) electrons. The third kappa shape index (κ3) is 6.71. The van der Waals surface area contributed by atoms with Gasteiger partial charge in [0.1, 0.15) is 34.6 Å². The average molecular weight is 417 g/mol. The molecule has 9 heteroatoms. The first-order valence-electron chi connectivity index (χ1n) is 9.20. The molecule has 0 aliphatic heterocycles. The van der Waals surface area contributed by atoms with Crippen molar-refractivity contribution in [2.75, 3.05) is 28.7 Å². The largest absolute Gasteiger partial charge is 0.457 e. The quantitative estimate of drug-likeness (QED) is 0.310. The first-order chi connectivity index (χ1) is 14.9. The molecule has 9 nitrogen and oxygen atoms in total. The predicted octanol–water partition coefficient (Wildman–Crippen LogP) is 3.66. The molecule has 31 heavy (non-hydrogen) atoms. The van der Waals surface area contributed by atoms with Crippen LogP contribution in [-0.2, 0) is 0 Å². The number of rotatable bonds is 4. The number of hydrogen-bond acceptors (Lipinski definition) is 9. The number of anilines is 5. The first kappa shape index (κ1) is 21.1. The summed E-state index contributed by atoms with van der Waals surface area (Å²) in [4.78, 5) is 7.20. The maximum absolute atomic E-state index is 5.78. The van der Waals surface area contributed by atoms with E-state index in [0.717, 1.165) is 0 Å². The van der Waals surface area contributed by atoms with E-state index in [9.17, 15) is 0 Å². The highest BCUT2D eigenvalue weighted by atomic mass is 16.5. The lowest BCUT2D eigenvalue weighted by Gasteiger charge is -2.09. The number of aromatic nitrogens is 2. The van der Waals surface area contributed by atoms with E-state index in [-0.39, 0.29) is 5.95 Å². The summed E-state index contributed by atoms with van der Waals surface area (Å²) in [6.07, 6.45) is 0. The van der Waals surface area contributed by atoms with Crippen molar-refractivity contribution >= 4 is 29.0 Å². The van der Waals surface area contributed by atoms with Gasteiger partial charge in [0.15, 0.2) is 0 Å². The molecule has 0 unspecified atom stereocenters. The van der Waals surface area contributed by atoms with Gasteiger partial charge in [-0.05, 0) is 36.4 Å². The number of nitrogen functional groups attached to an aromatic ring is 5. The first-order valence-corrected chi connectivity index (χ1v) is 9.20. The van der Waals surface area contributed by atoms with Crippen LogP contribution >= 0.6 is 0 Å². The van der Waals surface area contributed by atoms with E-state index < -0.39 is 0 Å². The van der Waals surface area contributed by atoms with Crippen LogP contribution < -0.4 is 38.1 Å². The molecule has 3 aromatic carbocycles. The third-order valence-corrected chi connectivity index (χ3v) is 3.78. The topological polar surface area (TPSA) is 174 Å². The van der Waals surface area contributed by atoms with Gasteiger partial charge in [-0.2, -0.15) is 9.97 Å². The zero-order chi connectivity index (χ0) is 22.2. The van der Waals surface area contributed by atoms with Crippen LogP contribution in [0.2, 0.25) is 0 Å². The van der Waals surface area contributed by atoms with Crippen molar-refractivity contribution < 1.29 is 9.47 Å². The van der Waals surface area contributed by atoms with E-state index in [2.05, 4.69) is 9.97 Å². The minimum atomic E-state index is 0.104. The minimum absolute atomic E-state index is 0.104. The van der Waals surface area contributed by atoms with Gasteiger partial charge in [-0.3, -0.25) is 0 Å². The summed E-state index contributed by atoms with van der Waals surface area (Å²) in [5.74, 6) is 3.40. The Morgan fingerprint density at radius 2 is 0.871 bits per heavy atom. The Morgan fingerprint density at radius 1 is 0.484 bits per heavy atom. The second kappa shape index (κ2) is 9.70. The van der Waals surface area contributed by atoms with Gasteiger partial charge in [0.25, 0.3) is 0 Å². The molecule has 0 saturated heterocycles. The van der Waals surface area contributed by atoms with Crippen LogP contribution in [0, 0.1) is 0 Å². The number of nitrogens with zero attached hydrogens (tertiary/aromatic N) is 2. The summed E-state index contributed by atoms with van der Waals surface area (Å²) < 4.78 is 11.6. The molecule has 1 aromatic heterocycles. The third-order valence-electron chi connectivity index (χ3n) is 3.78. The summed E-state index contributed by atoms with van der Waals surface area (Å²) in [5.41, 5.74) is 28.5. The smallest absolute Gasteiger partial charge is 0.223 e. The summed E-state index contributed by atoms with van der Waals surface area (Å²) in [6.45, 7) is 0. The van der Waals surface area contributed by atoms with Crippen molar-refractivity contribution in [3.63, 3.8) is 0 Å². The summed E-state index contributed by atoms with van der Waals surface area (Å²) in [6, 6.07) is 23.4. The van der Waals surface area contributed by atoms with Crippen molar-refractivity contribution in [3.8, 4) is 23.0 Å². The molecule has 10 N–H and O–H groups in total. The summed E-state index contributed by atoms with van der Waals surface area (Å²) >= 11 is 0. The van der Waals surface area contributed by atoms with Gasteiger partial charge >= 0.3 is 0 Å². The van der Waals surface area contributed by atoms with Crippen molar-refractivity contribution in [1.82, 2.24) is 9.97 Å². The predicted molar refractivity (Wildman–Crippen MR) is 124 cm³/mol. The Morgan fingerprint density at radius 3 is 1.26 bits per heavy atom. The molecule has 4 rings (SSSR count). The Balaban J connectivity index is 0.000000254. The Kier molecular flexibility index (Phi) is 6.59. The molecule has 0 spiro atoms. The lowest BCUT2D eigenvalue weighted by atomic mass is 10.3. The van der Waals surface area contributed by atoms with Crippen molar-refractivity contribution in [2.45, 2.75) is 0 Å². The van der Waals surface area contributed by atoms with E-state index in [1.165, 1.54) is 6.07 Å². The van der Waals surface area contributed by atoms with Crippen molar-refractivity contribution in [3.05, 3.63) is 78.9 Å². The SMILES string of the molecule is Nc1cc(N)nc(N)n1.Nc1cccc(Oc2cccc(Oc3cccc(N)c3)c2)c1. The molecule has 158 valence electrons. The number of ether oxygens (including phenoxy) is 2. The number of nitrogens with two attached hydrogens (primary N) is 5. The summed E-state index contributed by atoms with van der Waals surface area (Å²) in [7, 11) is 0. The van der Waals surface area contributed by atoms with Crippen LogP contribution in [0.15, 0.2) is 78.9 Å². The molecular weight excluding hydrogens is 394 g/mol. The molecule has 0 saturated carbocycles. The highest BCUT2D eigenvalue weighted by molar-refractivity contribution is 5.48. The lowest BCUT2D eigenvalue weighted by Crippen LogP contribution is -2.01. The number of hydrogen-bond donors (Lipinski definition) is 5. The van der Waals surface area contributed by atoms with E-state index in [1.54, 1.807) is 12.1 Å². The molecule has 0 amide bonds. The van der Waals surface area contributed by atoms with Crippen LogP contribution in [0.25, 0.3) is 0 Å². The van der Waals surface area contributed by atoms with Crippen LogP contribution in [0.1, 0.15) is 0 Å². The molecule has 1 heterocycles. The van der Waals surface area contributed by atoms with E-state index in [4.69, 9.17) is 38.1 Å². The van der Waals surface area contributed by atoms with E-state index in [0.29, 0.717) is 46.0 Å². The lowest BCUT2D eigenvalue weighted by molar-refractivity contribution is 0.460. The second-order valence-corrected chi connectivity index (χ2v) is 6.40. The Hall–Kier alpha value is -4.66. The maximum atomic E-state index is 5.78. The molecule has 0 aliphatic rings. The fraction of sp³-hybridized carbons (Fsp3) is 0. The fourth-order valence-corrected chi connectivity index (χ4v) is 2.54. The van der Waals surface area contributed by atoms with Gasteiger partial charge < -0.3 is 38.1 Å². The van der Waals surface area contributed by atoms with E-state index >= 15 is 0 Å². The minimum Gasteiger partial charge on any atom is -0.457 e. The highest BCUT2D eigenvalue weighted by Crippen LogP contribution is 2.29. The van der Waals surface area contributed by atoms with Crippen LogP contribution in [0.4, 0.5) is 29.0 Å². The van der Waals surface area contributed by atoms with E-state index in [1.807, 2.05) is 60.7 Å². The van der Waals surface area contributed by atoms with Gasteiger partial charge in [0.05, 0.1) is 0 Å².